The number of Topliss-reactive ketones (excluding diaryl/α,β-unsaturated/α-hetero) is 1. The monoisotopic (exact) mass is 480 g/mol. The second-order valence-electron chi connectivity index (χ2n) is 6.82. The average molecular weight is 481 g/mol. The fourth-order valence-corrected chi connectivity index (χ4v) is 3.73. The van der Waals surface area contributed by atoms with E-state index in [0.29, 0.717) is 17.7 Å². The highest BCUT2D eigenvalue weighted by molar-refractivity contribution is 6.36. The number of methoxy groups -OCH3 is 2. The van der Waals surface area contributed by atoms with E-state index in [1.165, 1.54) is 38.7 Å². The number of carbonyl (C=O) groups excluding carboxylic acids is 1. The van der Waals surface area contributed by atoms with Crippen LogP contribution >= 0.6 is 23.2 Å². The van der Waals surface area contributed by atoms with Crippen LogP contribution in [0.3, 0.4) is 0 Å². The number of nitrogens with zero attached hydrogens (tertiary/aromatic N) is 1. The fraction of sp³-hybridized carbons (Fsp3) is 0.217. The summed E-state index contributed by atoms with van der Waals surface area (Å²) in [5.41, 5.74) is 1.51. The molecule has 0 unspecified atom stereocenters. The van der Waals surface area contributed by atoms with Gasteiger partial charge in [0.05, 0.1) is 26.4 Å². The number of carbonyl (C=O) groups is 1. The number of hydrogen-bond donors (Lipinski definition) is 1. The highest BCUT2D eigenvalue weighted by atomic mass is 35.5. The molecular formula is C23H21Cl2FNO5+. The quantitative estimate of drug-likeness (QED) is 0.272. The molecule has 0 fully saturated rings. The number of aromatic nitrogens is 1. The fourth-order valence-electron chi connectivity index (χ4n) is 3.15. The van der Waals surface area contributed by atoms with E-state index < -0.39 is 0 Å². The minimum Gasteiger partial charge on any atom is -0.493 e. The molecule has 1 heterocycles. The normalized spacial score (nSPS) is 10.7. The third-order valence-electron chi connectivity index (χ3n) is 4.76. The lowest BCUT2D eigenvalue weighted by Gasteiger charge is -2.17. The molecule has 0 radical (unpaired) electrons. The summed E-state index contributed by atoms with van der Waals surface area (Å²) in [6.07, 6.45) is 2.85. The maximum Gasteiger partial charge on any atom is 0.241 e. The van der Waals surface area contributed by atoms with Crippen molar-refractivity contribution < 1.29 is 33.3 Å². The van der Waals surface area contributed by atoms with Gasteiger partial charge in [0.25, 0.3) is 0 Å². The van der Waals surface area contributed by atoms with E-state index in [1.807, 2.05) is 0 Å². The van der Waals surface area contributed by atoms with Crippen molar-refractivity contribution in [2.24, 2.45) is 0 Å². The smallest absolute Gasteiger partial charge is 0.241 e. The number of ether oxygens (including phenoxy) is 3. The Morgan fingerprint density at radius 1 is 1.00 bits per heavy atom. The van der Waals surface area contributed by atoms with Gasteiger partial charge in [-0.3, -0.25) is 10.0 Å². The van der Waals surface area contributed by atoms with Gasteiger partial charge in [0, 0.05) is 23.1 Å². The van der Waals surface area contributed by atoms with Gasteiger partial charge in [-0.1, -0.05) is 35.3 Å². The maximum absolute atomic E-state index is 13.2. The van der Waals surface area contributed by atoms with Crippen molar-refractivity contribution in [3.05, 3.63) is 81.3 Å². The van der Waals surface area contributed by atoms with Crippen molar-refractivity contribution in [1.29, 1.82) is 0 Å². The Bertz CT molecular complexity index is 1100. The zero-order valence-corrected chi connectivity index (χ0v) is 18.9. The Labute approximate surface area is 194 Å². The molecule has 0 atom stereocenters. The van der Waals surface area contributed by atoms with Crippen LogP contribution in [0.15, 0.2) is 48.8 Å². The van der Waals surface area contributed by atoms with Gasteiger partial charge in [0.2, 0.25) is 18.1 Å². The van der Waals surface area contributed by atoms with Crippen LogP contribution in [0.2, 0.25) is 10.0 Å². The molecule has 168 valence electrons. The van der Waals surface area contributed by atoms with Crippen molar-refractivity contribution in [2.75, 3.05) is 20.8 Å². The van der Waals surface area contributed by atoms with Crippen LogP contribution in [0.25, 0.3) is 0 Å². The molecule has 0 bridgehead atoms. The molecule has 0 saturated carbocycles. The third-order valence-corrected chi connectivity index (χ3v) is 5.41. The lowest BCUT2D eigenvalue weighted by molar-refractivity contribution is -0.904. The lowest BCUT2D eigenvalue weighted by atomic mass is 10.0. The molecule has 3 rings (SSSR count). The van der Waals surface area contributed by atoms with E-state index in [-0.39, 0.29) is 51.7 Å². The molecule has 0 spiro atoms. The first-order valence-corrected chi connectivity index (χ1v) is 10.3. The Morgan fingerprint density at radius 2 is 1.66 bits per heavy atom. The predicted molar refractivity (Wildman–Crippen MR) is 117 cm³/mol. The zero-order valence-electron chi connectivity index (χ0n) is 17.4. The van der Waals surface area contributed by atoms with Gasteiger partial charge >= 0.3 is 0 Å². The highest BCUT2D eigenvalue weighted by Gasteiger charge is 2.24. The topological polar surface area (TPSA) is 68.9 Å². The molecule has 3 aromatic rings. The van der Waals surface area contributed by atoms with E-state index in [2.05, 4.69) is 0 Å². The summed E-state index contributed by atoms with van der Waals surface area (Å²) < 4.78 is 30.6. The zero-order chi connectivity index (χ0) is 23.3. The third kappa shape index (κ3) is 5.41. The summed E-state index contributed by atoms with van der Waals surface area (Å²) in [6.45, 7) is 0.215. The number of benzene rings is 2. The Morgan fingerprint density at radius 3 is 2.25 bits per heavy atom. The first-order valence-electron chi connectivity index (χ1n) is 9.58. The van der Waals surface area contributed by atoms with Gasteiger partial charge < -0.3 is 14.2 Å². The standard InChI is InChI=1S/C23H21Cl2FNO5/c1-30-21-8-7-16(20(28)11-17-18(24)12-27(29)13-19(17)25)22(23(21)31-2)32-10-9-14-3-5-15(26)6-4-14/h3-8,12-13,29H,9-11H2,1-2H3/q+1. The van der Waals surface area contributed by atoms with E-state index in [9.17, 15) is 14.4 Å². The van der Waals surface area contributed by atoms with Crippen LogP contribution in [0, 0.1) is 5.82 Å². The summed E-state index contributed by atoms with van der Waals surface area (Å²) >= 11 is 12.3. The van der Waals surface area contributed by atoms with Gasteiger partial charge in [-0.2, -0.15) is 0 Å². The number of ketones is 1. The van der Waals surface area contributed by atoms with E-state index in [0.717, 1.165) is 10.3 Å². The average Bonchev–Trinajstić information content (AvgIpc) is 2.76. The molecule has 1 aromatic heterocycles. The van der Waals surface area contributed by atoms with Crippen molar-refractivity contribution in [2.45, 2.75) is 12.8 Å². The minimum atomic E-state index is -0.318. The second kappa shape index (κ2) is 10.5. The van der Waals surface area contributed by atoms with Crippen molar-refractivity contribution in [3.63, 3.8) is 0 Å². The van der Waals surface area contributed by atoms with Crippen molar-refractivity contribution in [3.8, 4) is 17.2 Å². The highest BCUT2D eigenvalue weighted by Crippen LogP contribution is 2.41. The molecule has 32 heavy (non-hydrogen) atoms. The molecule has 2 aromatic carbocycles. The summed E-state index contributed by atoms with van der Waals surface area (Å²) in [7, 11) is 2.93. The largest absolute Gasteiger partial charge is 0.493 e. The van der Waals surface area contributed by atoms with Crippen LogP contribution in [-0.2, 0) is 12.8 Å². The Kier molecular flexibility index (Phi) is 7.77. The molecule has 0 saturated heterocycles. The Balaban J connectivity index is 1.89. The van der Waals surface area contributed by atoms with Gasteiger partial charge in [-0.15, -0.1) is 0 Å². The number of halogens is 3. The number of pyridine rings is 1. The molecule has 0 aliphatic rings. The molecular weight excluding hydrogens is 460 g/mol. The molecule has 1 N–H and O–H groups in total. The molecule has 0 aliphatic heterocycles. The summed E-state index contributed by atoms with van der Waals surface area (Å²) in [5, 5.41) is 9.83. The number of rotatable bonds is 9. The first kappa shape index (κ1) is 23.6. The molecule has 9 heteroatoms. The van der Waals surface area contributed by atoms with E-state index in [4.69, 9.17) is 37.4 Å². The summed E-state index contributed by atoms with van der Waals surface area (Å²) in [5.74, 6) is 0.261. The van der Waals surface area contributed by atoms with Gasteiger partial charge in [0.1, 0.15) is 15.9 Å². The first-order chi connectivity index (χ1) is 15.3. The van der Waals surface area contributed by atoms with Crippen molar-refractivity contribution >= 4 is 29.0 Å². The van der Waals surface area contributed by atoms with Crippen LogP contribution in [0.4, 0.5) is 4.39 Å². The summed E-state index contributed by atoms with van der Waals surface area (Å²) in [4.78, 5) is 13.2. The number of hydrogen-bond acceptors (Lipinski definition) is 5. The second-order valence-corrected chi connectivity index (χ2v) is 7.63. The van der Waals surface area contributed by atoms with Crippen molar-refractivity contribution in [1.82, 2.24) is 0 Å². The van der Waals surface area contributed by atoms with Gasteiger partial charge in [-0.05, 0) is 29.8 Å². The lowest BCUT2D eigenvalue weighted by Crippen LogP contribution is -2.29. The summed E-state index contributed by atoms with van der Waals surface area (Å²) in [6, 6.07) is 9.27. The van der Waals surface area contributed by atoms with Crippen LogP contribution in [0.1, 0.15) is 21.5 Å². The van der Waals surface area contributed by atoms with Gasteiger partial charge in [-0.25, -0.2) is 4.39 Å². The molecule has 6 nitrogen and oxygen atoms in total. The Hall–Kier alpha value is -3.03. The SMILES string of the molecule is COc1ccc(C(=O)Cc2c(Cl)c[n+](O)cc2Cl)c(OCCc2ccc(F)cc2)c1OC. The van der Waals surface area contributed by atoms with E-state index in [1.54, 1.807) is 24.3 Å². The van der Waals surface area contributed by atoms with E-state index >= 15 is 0 Å². The maximum atomic E-state index is 13.2. The molecule has 0 aliphatic carbocycles. The van der Waals surface area contributed by atoms with Crippen LogP contribution in [0.5, 0.6) is 17.2 Å². The van der Waals surface area contributed by atoms with Gasteiger partial charge in [0.15, 0.2) is 17.3 Å². The van der Waals surface area contributed by atoms with Crippen LogP contribution < -0.4 is 18.9 Å². The predicted octanol–water partition coefficient (Wildman–Crippen LogP) is 4.72. The van der Waals surface area contributed by atoms with Crippen LogP contribution in [-0.4, -0.2) is 31.8 Å². The minimum absolute atomic E-state index is 0.123. The molecule has 0 amide bonds.